The van der Waals surface area contributed by atoms with Crippen molar-refractivity contribution in [3.63, 3.8) is 0 Å². The van der Waals surface area contributed by atoms with Gasteiger partial charge in [-0.2, -0.15) is 0 Å². The quantitative estimate of drug-likeness (QED) is 0.688. The fourth-order valence-corrected chi connectivity index (χ4v) is 3.72. The highest BCUT2D eigenvalue weighted by molar-refractivity contribution is 5.92. The first-order chi connectivity index (χ1) is 8.73. The Morgan fingerprint density at radius 3 is 2.22 bits per heavy atom. The van der Waals surface area contributed by atoms with Gasteiger partial charge < -0.3 is 4.74 Å². The molecular formula is C16H28O2. The summed E-state index contributed by atoms with van der Waals surface area (Å²) >= 11 is 0. The molecule has 0 radical (unpaired) electrons. The Kier molecular flexibility index (Phi) is 4.83. The molecule has 0 aromatic heterocycles. The van der Waals surface area contributed by atoms with Crippen molar-refractivity contribution in [3.05, 3.63) is 0 Å². The van der Waals surface area contributed by atoms with E-state index < -0.39 is 0 Å². The van der Waals surface area contributed by atoms with Gasteiger partial charge >= 0.3 is 0 Å². The second-order valence-electron chi connectivity index (χ2n) is 6.17. The third-order valence-corrected chi connectivity index (χ3v) is 5.31. The van der Waals surface area contributed by atoms with Crippen molar-refractivity contribution in [2.24, 2.45) is 11.3 Å². The highest BCUT2D eigenvalue weighted by Gasteiger charge is 2.52. The number of carbonyl (C=O) groups excluding carboxylic acids is 1. The molecule has 0 amide bonds. The summed E-state index contributed by atoms with van der Waals surface area (Å²) < 4.78 is 6.12. The zero-order valence-electron chi connectivity index (χ0n) is 12.0. The van der Waals surface area contributed by atoms with Gasteiger partial charge in [-0.3, -0.25) is 4.79 Å². The topological polar surface area (TPSA) is 26.3 Å². The van der Waals surface area contributed by atoms with Crippen LogP contribution in [0.15, 0.2) is 0 Å². The molecule has 1 unspecified atom stereocenters. The van der Waals surface area contributed by atoms with Gasteiger partial charge in [0.2, 0.25) is 0 Å². The van der Waals surface area contributed by atoms with Crippen LogP contribution >= 0.6 is 0 Å². The lowest BCUT2D eigenvalue weighted by Crippen LogP contribution is -2.55. The van der Waals surface area contributed by atoms with E-state index in [4.69, 9.17) is 4.74 Å². The Bertz CT molecular complexity index is 273. The molecule has 1 atom stereocenters. The third kappa shape index (κ3) is 2.64. The van der Waals surface area contributed by atoms with Gasteiger partial charge in [0.15, 0.2) is 0 Å². The fraction of sp³-hybridized carbons (Fsp3) is 0.938. The summed E-state index contributed by atoms with van der Waals surface area (Å²) in [6.07, 6.45) is 10.9. The van der Waals surface area contributed by atoms with Crippen molar-refractivity contribution in [2.75, 3.05) is 6.61 Å². The molecule has 0 aromatic carbocycles. The summed E-state index contributed by atoms with van der Waals surface area (Å²) in [7, 11) is 0. The summed E-state index contributed by atoms with van der Waals surface area (Å²) in [4.78, 5) is 11.9. The predicted molar refractivity (Wildman–Crippen MR) is 73.6 cm³/mol. The summed E-state index contributed by atoms with van der Waals surface area (Å²) in [6, 6.07) is 0. The van der Waals surface area contributed by atoms with Gasteiger partial charge in [-0.1, -0.05) is 39.5 Å². The summed E-state index contributed by atoms with van der Waals surface area (Å²) in [5, 5.41) is 0. The minimum absolute atomic E-state index is 0.134. The molecule has 2 fully saturated rings. The van der Waals surface area contributed by atoms with Crippen LogP contribution in [0, 0.1) is 11.3 Å². The molecule has 0 N–H and O–H groups in total. The van der Waals surface area contributed by atoms with E-state index >= 15 is 0 Å². The average Bonchev–Trinajstić information content (AvgIpc) is 2.64. The number of carbonyl (C=O) groups is 1. The monoisotopic (exact) mass is 252 g/mol. The number of rotatable bonds is 5. The van der Waals surface area contributed by atoms with Crippen molar-refractivity contribution in [1.82, 2.24) is 0 Å². The lowest BCUT2D eigenvalue weighted by atomic mass is 9.61. The minimum atomic E-state index is -0.134. The molecule has 2 aliphatic carbocycles. The Morgan fingerprint density at radius 2 is 1.72 bits per heavy atom. The van der Waals surface area contributed by atoms with Gasteiger partial charge in [-0.15, -0.1) is 0 Å². The standard InChI is InChI=1S/C16H28O2/c1-3-16(4-2)14(17)11-15(16)18-12-13-9-7-5-6-8-10-13/h13,15H,3-12H2,1-2H3. The third-order valence-electron chi connectivity index (χ3n) is 5.31. The molecule has 104 valence electrons. The van der Waals surface area contributed by atoms with E-state index in [-0.39, 0.29) is 11.5 Å². The lowest BCUT2D eigenvalue weighted by molar-refractivity contribution is -0.167. The zero-order chi connectivity index (χ0) is 13.0. The van der Waals surface area contributed by atoms with E-state index in [9.17, 15) is 4.79 Å². The van der Waals surface area contributed by atoms with Crippen LogP contribution in [0.1, 0.15) is 71.6 Å². The number of hydrogen-bond donors (Lipinski definition) is 0. The molecule has 0 bridgehead atoms. The Balaban J connectivity index is 1.81. The van der Waals surface area contributed by atoms with Crippen molar-refractivity contribution in [1.29, 1.82) is 0 Å². The van der Waals surface area contributed by atoms with E-state index in [1.807, 2.05) is 0 Å². The molecule has 2 saturated carbocycles. The number of Topliss-reactive ketones (excluding diaryl/α,β-unsaturated/α-hetero) is 1. The smallest absolute Gasteiger partial charge is 0.144 e. The molecule has 0 aromatic rings. The van der Waals surface area contributed by atoms with Crippen LogP contribution in [-0.2, 0) is 9.53 Å². The van der Waals surface area contributed by atoms with Crippen molar-refractivity contribution >= 4 is 5.78 Å². The predicted octanol–water partition coefficient (Wildman–Crippen LogP) is 4.12. The van der Waals surface area contributed by atoms with Crippen LogP contribution in [-0.4, -0.2) is 18.5 Å². The molecule has 18 heavy (non-hydrogen) atoms. The van der Waals surface area contributed by atoms with Crippen LogP contribution in [0.2, 0.25) is 0 Å². The first-order valence-corrected chi connectivity index (χ1v) is 7.88. The first kappa shape index (κ1) is 14.0. The van der Waals surface area contributed by atoms with Crippen LogP contribution in [0.3, 0.4) is 0 Å². The Hall–Kier alpha value is -0.370. The van der Waals surface area contributed by atoms with Gasteiger partial charge in [-0.05, 0) is 31.6 Å². The Morgan fingerprint density at radius 1 is 1.11 bits per heavy atom. The maximum atomic E-state index is 11.9. The van der Waals surface area contributed by atoms with E-state index in [0.29, 0.717) is 12.2 Å². The normalized spacial score (nSPS) is 28.8. The maximum absolute atomic E-state index is 11.9. The van der Waals surface area contributed by atoms with E-state index in [1.54, 1.807) is 0 Å². The highest BCUT2D eigenvalue weighted by Crippen LogP contribution is 2.45. The molecule has 2 nitrogen and oxygen atoms in total. The second kappa shape index (κ2) is 6.18. The van der Waals surface area contributed by atoms with Crippen LogP contribution in [0.4, 0.5) is 0 Å². The van der Waals surface area contributed by atoms with Gasteiger partial charge in [0.25, 0.3) is 0 Å². The minimum Gasteiger partial charge on any atom is -0.376 e. The van der Waals surface area contributed by atoms with Crippen molar-refractivity contribution < 1.29 is 9.53 Å². The molecule has 2 heteroatoms. The SMILES string of the molecule is CCC1(CC)C(=O)CC1OCC1CCCCCC1. The number of hydrogen-bond acceptors (Lipinski definition) is 2. The van der Waals surface area contributed by atoms with Crippen molar-refractivity contribution in [3.8, 4) is 0 Å². The molecule has 0 saturated heterocycles. The zero-order valence-corrected chi connectivity index (χ0v) is 12.0. The average molecular weight is 252 g/mol. The molecule has 0 aliphatic heterocycles. The van der Waals surface area contributed by atoms with E-state index in [2.05, 4.69) is 13.8 Å². The van der Waals surface area contributed by atoms with E-state index in [1.165, 1.54) is 38.5 Å². The van der Waals surface area contributed by atoms with Crippen LogP contribution < -0.4 is 0 Å². The molecular weight excluding hydrogens is 224 g/mol. The number of ether oxygens (including phenoxy) is 1. The van der Waals surface area contributed by atoms with E-state index in [0.717, 1.165) is 25.4 Å². The maximum Gasteiger partial charge on any atom is 0.144 e. The van der Waals surface area contributed by atoms with Crippen LogP contribution in [0.25, 0.3) is 0 Å². The van der Waals surface area contributed by atoms with Gasteiger partial charge in [0.1, 0.15) is 5.78 Å². The van der Waals surface area contributed by atoms with Gasteiger partial charge in [-0.25, -0.2) is 0 Å². The lowest BCUT2D eigenvalue weighted by Gasteiger charge is -2.47. The number of ketones is 1. The summed E-state index contributed by atoms with van der Waals surface area (Å²) in [5.41, 5.74) is -0.134. The second-order valence-corrected chi connectivity index (χ2v) is 6.17. The molecule has 2 aliphatic rings. The first-order valence-electron chi connectivity index (χ1n) is 7.88. The highest BCUT2D eigenvalue weighted by atomic mass is 16.5. The molecule has 0 spiro atoms. The Labute approximate surface area is 111 Å². The molecule has 0 heterocycles. The fourth-order valence-electron chi connectivity index (χ4n) is 3.72. The van der Waals surface area contributed by atoms with Crippen LogP contribution in [0.5, 0.6) is 0 Å². The van der Waals surface area contributed by atoms with Gasteiger partial charge in [0.05, 0.1) is 11.5 Å². The summed E-state index contributed by atoms with van der Waals surface area (Å²) in [6.45, 7) is 5.14. The van der Waals surface area contributed by atoms with Crippen molar-refractivity contribution in [2.45, 2.75) is 77.7 Å². The van der Waals surface area contributed by atoms with Gasteiger partial charge in [0, 0.05) is 13.0 Å². The largest absolute Gasteiger partial charge is 0.376 e. The molecule has 2 rings (SSSR count). The summed E-state index contributed by atoms with van der Waals surface area (Å²) in [5.74, 6) is 1.17.